The fourth-order valence-corrected chi connectivity index (χ4v) is 6.14. The molecule has 8 heteroatoms. The average molecular weight is 422 g/mol. The van der Waals surface area contributed by atoms with E-state index >= 15 is 0 Å². The van der Waals surface area contributed by atoms with Gasteiger partial charge in [0, 0.05) is 30.8 Å². The zero-order valence-corrected chi connectivity index (χ0v) is 18.2. The van der Waals surface area contributed by atoms with Crippen LogP contribution >= 0.6 is 11.3 Å². The second-order valence-corrected chi connectivity index (χ2v) is 10.1. The topological polar surface area (TPSA) is 79.4 Å². The number of carbonyl (C=O) groups excluding carboxylic acids is 1. The number of sulfonamides is 1. The summed E-state index contributed by atoms with van der Waals surface area (Å²) in [5.74, 6) is 0.283. The van der Waals surface area contributed by atoms with Gasteiger partial charge in [-0.2, -0.15) is 4.31 Å². The predicted molar refractivity (Wildman–Crippen MR) is 111 cm³/mol. The molecule has 152 valence electrons. The summed E-state index contributed by atoms with van der Waals surface area (Å²) in [5, 5.41) is 5.85. The number of amides is 1. The van der Waals surface area contributed by atoms with Gasteiger partial charge in [-0.15, -0.1) is 11.3 Å². The van der Waals surface area contributed by atoms with E-state index < -0.39 is 10.0 Å². The van der Waals surface area contributed by atoms with Crippen LogP contribution in [0.5, 0.6) is 0 Å². The number of nitrogens with one attached hydrogen (secondary N) is 1. The highest BCUT2D eigenvalue weighted by Gasteiger charge is 2.31. The van der Waals surface area contributed by atoms with Crippen LogP contribution in [0.3, 0.4) is 0 Å². The Hall–Kier alpha value is -1.77. The summed E-state index contributed by atoms with van der Waals surface area (Å²) in [6.07, 6.45) is 1.99. The molecule has 1 aromatic carbocycles. The van der Waals surface area contributed by atoms with Crippen molar-refractivity contribution in [3.8, 4) is 0 Å². The lowest BCUT2D eigenvalue weighted by Crippen LogP contribution is -2.38. The second-order valence-electron chi connectivity index (χ2n) is 7.25. The van der Waals surface area contributed by atoms with Gasteiger partial charge in [0.15, 0.2) is 0 Å². The highest BCUT2D eigenvalue weighted by Crippen LogP contribution is 2.33. The first-order chi connectivity index (χ1) is 13.3. The third-order valence-corrected chi connectivity index (χ3v) is 8.22. The van der Waals surface area contributed by atoms with Crippen LogP contribution < -0.4 is 5.32 Å². The van der Waals surface area contributed by atoms with Crippen LogP contribution in [0.25, 0.3) is 0 Å². The zero-order chi connectivity index (χ0) is 20.3. The van der Waals surface area contributed by atoms with Gasteiger partial charge in [0.2, 0.25) is 15.9 Å². The minimum absolute atomic E-state index is 0.0134. The maximum Gasteiger partial charge on any atom is 0.243 e. The van der Waals surface area contributed by atoms with Gasteiger partial charge >= 0.3 is 0 Å². The summed E-state index contributed by atoms with van der Waals surface area (Å²) in [6, 6.07) is 5.56. The number of nitrogens with zero attached hydrogens (tertiary/aromatic N) is 2. The van der Waals surface area contributed by atoms with Crippen molar-refractivity contribution >= 4 is 27.3 Å². The summed E-state index contributed by atoms with van der Waals surface area (Å²) in [7, 11) is -3.47. The highest BCUT2D eigenvalue weighted by atomic mass is 32.2. The van der Waals surface area contributed by atoms with E-state index in [0.717, 1.165) is 34.7 Å². The minimum Gasteiger partial charge on any atom is -0.350 e. The van der Waals surface area contributed by atoms with Gasteiger partial charge in [0.1, 0.15) is 0 Å². The number of hydrogen-bond donors (Lipinski definition) is 1. The van der Waals surface area contributed by atoms with Crippen molar-refractivity contribution in [2.75, 3.05) is 13.1 Å². The molecule has 2 aromatic rings. The quantitative estimate of drug-likeness (QED) is 0.776. The van der Waals surface area contributed by atoms with Crippen LogP contribution in [0, 0.1) is 13.8 Å². The number of hydrogen-bond acceptors (Lipinski definition) is 5. The number of carbonyl (C=O) groups is 1. The van der Waals surface area contributed by atoms with E-state index in [1.165, 1.54) is 0 Å². The Morgan fingerprint density at radius 3 is 2.68 bits per heavy atom. The van der Waals surface area contributed by atoms with E-state index in [-0.39, 0.29) is 11.8 Å². The van der Waals surface area contributed by atoms with Crippen molar-refractivity contribution in [2.24, 2.45) is 0 Å². The number of thiazole rings is 1. The molecule has 1 N–H and O–H groups in total. The van der Waals surface area contributed by atoms with Crippen LogP contribution in [0.2, 0.25) is 0 Å². The average Bonchev–Trinajstić information content (AvgIpc) is 3.17. The first-order valence-corrected chi connectivity index (χ1v) is 11.9. The molecule has 1 aliphatic rings. The molecule has 6 nitrogen and oxygen atoms in total. The lowest BCUT2D eigenvalue weighted by Gasteiger charge is -2.30. The van der Waals surface area contributed by atoms with E-state index in [9.17, 15) is 13.2 Å². The molecule has 0 bridgehead atoms. The molecule has 0 atom stereocenters. The fourth-order valence-electron chi connectivity index (χ4n) is 3.37. The molecule has 1 aromatic heterocycles. The molecule has 0 unspecified atom stereocenters. The second kappa shape index (κ2) is 8.71. The maximum absolute atomic E-state index is 13.1. The first-order valence-electron chi connectivity index (χ1n) is 9.59. The van der Waals surface area contributed by atoms with E-state index in [2.05, 4.69) is 10.3 Å². The molecule has 0 saturated carbocycles. The first kappa shape index (κ1) is 21.0. The van der Waals surface area contributed by atoms with Gasteiger partial charge < -0.3 is 5.32 Å². The van der Waals surface area contributed by atoms with Gasteiger partial charge in [-0.05, 0) is 43.9 Å². The number of benzene rings is 1. The van der Waals surface area contributed by atoms with E-state index in [1.54, 1.807) is 21.7 Å². The Bertz CT molecular complexity index is 945. The van der Waals surface area contributed by atoms with E-state index in [1.807, 2.05) is 38.3 Å². The Morgan fingerprint density at radius 2 is 2.00 bits per heavy atom. The largest absolute Gasteiger partial charge is 0.350 e. The smallest absolute Gasteiger partial charge is 0.243 e. The number of aromatic nitrogens is 1. The molecule has 0 spiro atoms. The third-order valence-electron chi connectivity index (χ3n) is 5.12. The monoisotopic (exact) mass is 421 g/mol. The van der Waals surface area contributed by atoms with Crippen molar-refractivity contribution in [2.45, 2.75) is 57.4 Å². The van der Waals surface area contributed by atoms with E-state index in [4.69, 9.17) is 0 Å². The van der Waals surface area contributed by atoms with Crippen LogP contribution in [0.4, 0.5) is 0 Å². The SMILES string of the molecule is CCC(=O)NCc1csc(C2CCN(S(=O)(=O)c3cc(C)ccc3C)CC2)n1. The predicted octanol–water partition coefficient (Wildman–Crippen LogP) is 3.35. The standard InChI is InChI=1S/C20H27N3O3S2/c1-4-19(24)21-12-17-13-27-20(22-17)16-7-9-23(10-8-16)28(25,26)18-11-14(2)5-6-15(18)3/h5-6,11,13,16H,4,7-10,12H2,1-3H3,(H,21,24). The Labute approximate surface area is 171 Å². The fraction of sp³-hybridized carbons (Fsp3) is 0.500. The molecule has 1 saturated heterocycles. The normalized spacial score (nSPS) is 16.2. The van der Waals surface area contributed by atoms with E-state index in [0.29, 0.717) is 31.0 Å². The molecule has 28 heavy (non-hydrogen) atoms. The number of aryl methyl sites for hydroxylation is 2. The molecular formula is C20H27N3O3S2. The summed E-state index contributed by atoms with van der Waals surface area (Å²) in [5.41, 5.74) is 2.60. The molecule has 1 aliphatic heterocycles. The van der Waals surface area contributed by atoms with Crippen molar-refractivity contribution in [1.82, 2.24) is 14.6 Å². The van der Waals surface area contributed by atoms with Gasteiger partial charge in [-0.3, -0.25) is 4.79 Å². The van der Waals surface area contributed by atoms with Crippen molar-refractivity contribution in [3.63, 3.8) is 0 Å². The Morgan fingerprint density at radius 1 is 1.29 bits per heavy atom. The van der Waals surface area contributed by atoms with Gasteiger partial charge in [0.05, 0.1) is 22.1 Å². The Balaban J connectivity index is 1.64. The Kier molecular flexibility index (Phi) is 6.52. The molecule has 1 fully saturated rings. The molecule has 1 amide bonds. The summed E-state index contributed by atoms with van der Waals surface area (Å²) in [6.45, 7) is 7.02. The van der Waals surface area contributed by atoms with Gasteiger partial charge in [0.25, 0.3) is 0 Å². The molecule has 2 heterocycles. The third kappa shape index (κ3) is 4.61. The molecular weight excluding hydrogens is 394 g/mol. The maximum atomic E-state index is 13.1. The van der Waals surface area contributed by atoms with Crippen molar-refractivity contribution in [1.29, 1.82) is 0 Å². The van der Waals surface area contributed by atoms with Crippen LogP contribution in [-0.2, 0) is 21.4 Å². The molecule has 0 aliphatic carbocycles. The summed E-state index contributed by atoms with van der Waals surface area (Å²) < 4.78 is 27.7. The summed E-state index contributed by atoms with van der Waals surface area (Å²) >= 11 is 1.59. The lowest BCUT2D eigenvalue weighted by atomic mass is 9.99. The number of rotatable bonds is 6. The minimum atomic E-state index is -3.47. The van der Waals surface area contributed by atoms with Crippen molar-refractivity contribution < 1.29 is 13.2 Å². The molecule has 3 rings (SSSR count). The van der Waals surface area contributed by atoms with Gasteiger partial charge in [-0.1, -0.05) is 19.1 Å². The van der Waals surface area contributed by atoms with Crippen LogP contribution in [0.15, 0.2) is 28.5 Å². The zero-order valence-electron chi connectivity index (χ0n) is 16.6. The number of piperidine rings is 1. The highest BCUT2D eigenvalue weighted by molar-refractivity contribution is 7.89. The lowest BCUT2D eigenvalue weighted by molar-refractivity contribution is -0.120. The van der Waals surface area contributed by atoms with Gasteiger partial charge in [-0.25, -0.2) is 13.4 Å². The van der Waals surface area contributed by atoms with Crippen LogP contribution in [-0.4, -0.2) is 36.7 Å². The summed E-state index contributed by atoms with van der Waals surface area (Å²) in [4.78, 5) is 16.4. The van der Waals surface area contributed by atoms with Crippen LogP contribution in [0.1, 0.15) is 53.9 Å². The van der Waals surface area contributed by atoms with Crippen molar-refractivity contribution in [3.05, 3.63) is 45.4 Å². The molecule has 0 radical (unpaired) electrons.